The average Bonchev–Trinajstić information content (AvgIpc) is 2.60. The molecule has 1 aromatic carbocycles. The van der Waals surface area contributed by atoms with Gasteiger partial charge < -0.3 is 5.32 Å². The molecule has 0 aliphatic heterocycles. The first-order chi connectivity index (χ1) is 12.0. The van der Waals surface area contributed by atoms with Gasteiger partial charge in [-0.15, -0.1) is 0 Å². The Kier molecular flexibility index (Phi) is 4.93. The summed E-state index contributed by atoms with van der Waals surface area (Å²) in [6, 6.07) is 9.44. The number of pyridine rings is 1. The number of para-hydroxylation sites is 1. The van der Waals surface area contributed by atoms with Crippen molar-refractivity contribution in [3.8, 4) is 0 Å². The molecule has 5 nitrogen and oxygen atoms in total. The van der Waals surface area contributed by atoms with Crippen molar-refractivity contribution in [2.75, 3.05) is 5.32 Å². The summed E-state index contributed by atoms with van der Waals surface area (Å²) in [5.74, 6) is -0.0951. The van der Waals surface area contributed by atoms with E-state index < -0.39 is 5.41 Å². The highest BCUT2D eigenvalue weighted by atomic mass is 16.2. The molecule has 0 bridgehead atoms. The third kappa shape index (κ3) is 3.60. The van der Waals surface area contributed by atoms with Crippen LogP contribution in [0.3, 0.4) is 0 Å². The SMILES string of the molecule is CC1(CCCC(=O)Nc2cccc3cccnc23)C(=O)CCCC1=O. The minimum absolute atomic E-state index is 0.0161. The summed E-state index contributed by atoms with van der Waals surface area (Å²) in [5.41, 5.74) is 0.529. The molecule has 3 rings (SSSR count). The maximum absolute atomic E-state index is 12.3. The Balaban J connectivity index is 1.60. The molecule has 5 heteroatoms. The van der Waals surface area contributed by atoms with Gasteiger partial charge >= 0.3 is 0 Å². The van der Waals surface area contributed by atoms with Crippen LogP contribution in [-0.4, -0.2) is 22.5 Å². The molecule has 0 radical (unpaired) electrons. The van der Waals surface area contributed by atoms with Crippen LogP contribution in [0.25, 0.3) is 10.9 Å². The fourth-order valence-corrected chi connectivity index (χ4v) is 3.42. The lowest BCUT2D eigenvalue weighted by Crippen LogP contribution is -2.39. The van der Waals surface area contributed by atoms with Crippen molar-refractivity contribution in [3.05, 3.63) is 36.5 Å². The van der Waals surface area contributed by atoms with Crippen molar-refractivity contribution in [3.63, 3.8) is 0 Å². The smallest absolute Gasteiger partial charge is 0.224 e. The van der Waals surface area contributed by atoms with Crippen LogP contribution < -0.4 is 5.32 Å². The molecule has 1 aliphatic carbocycles. The number of hydrogen-bond donors (Lipinski definition) is 1. The number of aromatic nitrogens is 1. The van der Waals surface area contributed by atoms with Gasteiger partial charge in [0.1, 0.15) is 11.6 Å². The number of benzene rings is 1. The van der Waals surface area contributed by atoms with Crippen molar-refractivity contribution in [2.24, 2.45) is 5.41 Å². The van der Waals surface area contributed by atoms with E-state index in [2.05, 4.69) is 10.3 Å². The molecule has 130 valence electrons. The Morgan fingerprint density at radius 1 is 1.16 bits per heavy atom. The average molecular weight is 338 g/mol. The predicted molar refractivity (Wildman–Crippen MR) is 96.2 cm³/mol. The molecule has 0 spiro atoms. The first-order valence-corrected chi connectivity index (χ1v) is 8.71. The predicted octanol–water partition coefficient (Wildman–Crippen LogP) is 3.67. The van der Waals surface area contributed by atoms with Crippen LogP contribution in [0, 0.1) is 5.41 Å². The summed E-state index contributed by atoms with van der Waals surface area (Å²) in [7, 11) is 0. The Bertz CT molecular complexity index is 807. The molecular weight excluding hydrogens is 316 g/mol. The van der Waals surface area contributed by atoms with E-state index in [1.54, 1.807) is 13.1 Å². The van der Waals surface area contributed by atoms with Crippen LogP contribution in [0.2, 0.25) is 0 Å². The van der Waals surface area contributed by atoms with Gasteiger partial charge in [0, 0.05) is 30.8 Å². The lowest BCUT2D eigenvalue weighted by molar-refractivity contribution is -0.143. The minimum atomic E-state index is -0.903. The standard InChI is InChI=1S/C20H22N2O3/c1-20(16(23)9-3-10-17(20)24)12-4-11-18(25)22-15-8-2-6-14-7-5-13-21-19(14)15/h2,5-8,13H,3-4,9-12H2,1H3,(H,22,25). The van der Waals surface area contributed by atoms with Gasteiger partial charge in [0.2, 0.25) is 5.91 Å². The number of hydrogen-bond acceptors (Lipinski definition) is 4. The number of Topliss-reactive ketones (excluding diaryl/α,β-unsaturated/α-hetero) is 2. The molecule has 0 unspecified atom stereocenters. The molecule has 0 saturated heterocycles. The maximum atomic E-state index is 12.3. The summed E-state index contributed by atoms with van der Waals surface area (Å²) >= 11 is 0. The van der Waals surface area contributed by atoms with Gasteiger partial charge in [0.05, 0.1) is 16.6 Å². The topological polar surface area (TPSA) is 76.1 Å². The lowest BCUT2D eigenvalue weighted by atomic mass is 9.70. The summed E-state index contributed by atoms with van der Waals surface area (Å²) in [6.07, 6.45) is 4.51. The molecule has 25 heavy (non-hydrogen) atoms. The van der Waals surface area contributed by atoms with Crippen LogP contribution in [0.5, 0.6) is 0 Å². The number of ketones is 2. The molecule has 1 saturated carbocycles. The lowest BCUT2D eigenvalue weighted by Gasteiger charge is -2.30. The fraction of sp³-hybridized carbons (Fsp3) is 0.400. The summed E-state index contributed by atoms with van der Waals surface area (Å²) in [6.45, 7) is 1.73. The molecule has 0 atom stereocenters. The highest BCUT2D eigenvalue weighted by Gasteiger charge is 2.41. The van der Waals surface area contributed by atoms with Gasteiger partial charge in [0.25, 0.3) is 0 Å². The fourth-order valence-electron chi connectivity index (χ4n) is 3.42. The molecule has 1 fully saturated rings. The first kappa shape index (κ1) is 17.3. The number of nitrogens with one attached hydrogen (secondary N) is 1. The highest BCUT2D eigenvalue weighted by Crippen LogP contribution is 2.34. The number of carbonyl (C=O) groups excluding carboxylic acids is 3. The van der Waals surface area contributed by atoms with Crippen molar-refractivity contribution >= 4 is 34.1 Å². The minimum Gasteiger partial charge on any atom is -0.324 e. The Morgan fingerprint density at radius 3 is 2.64 bits per heavy atom. The second kappa shape index (κ2) is 7.13. The number of anilines is 1. The quantitative estimate of drug-likeness (QED) is 0.844. The van der Waals surface area contributed by atoms with Crippen LogP contribution in [0.4, 0.5) is 5.69 Å². The maximum Gasteiger partial charge on any atom is 0.224 e. The third-order valence-electron chi connectivity index (χ3n) is 5.03. The van der Waals surface area contributed by atoms with E-state index in [-0.39, 0.29) is 23.9 Å². The third-order valence-corrected chi connectivity index (χ3v) is 5.03. The molecule has 1 heterocycles. The van der Waals surface area contributed by atoms with E-state index in [1.807, 2.05) is 30.3 Å². The second-order valence-corrected chi connectivity index (χ2v) is 6.81. The summed E-state index contributed by atoms with van der Waals surface area (Å²) in [5, 5.41) is 3.85. The van der Waals surface area contributed by atoms with Crippen LogP contribution in [0.15, 0.2) is 36.5 Å². The second-order valence-electron chi connectivity index (χ2n) is 6.81. The first-order valence-electron chi connectivity index (χ1n) is 8.71. The van der Waals surface area contributed by atoms with Crippen molar-refractivity contribution in [1.29, 1.82) is 0 Å². The van der Waals surface area contributed by atoms with Gasteiger partial charge in [-0.3, -0.25) is 19.4 Å². The largest absolute Gasteiger partial charge is 0.324 e. The number of rotatable bonds is 5. The van der Waals surface area contributed by atoms with Crippen LogP contribution >= 0.6 is 0 Å². The van der Waals surface area contributed by atoms with Crippen LogP contribution in [-0.2, 0) is 14.4 Å². The van der Waals surface area contributed by atoms with E-state index >= 15 is 0 Å². The number of amides is 1. The van der Waals surface area contributed by atoms with Crippen LogP contribution in [0.1, 0.15) is 45.4 Å². The molecule has 1 aromatic heterocycles. The Labute approximate surface area is 146 Å². The van der Waals surface area contributed by atoms with E-state index in [0.29, 0.717) is 37.8 Å². The Morgan fingerprint density at radius 2 is 1.88 bits per heavy atom. The molecule has 2 aromatic rings. The van der Waals surface area contributed by atoms with Gasteiger partial charge in [-0.05, 0) is 38.3 Å². The monoisotopic (exact) mass is 338 g/mol. The van der Waals surface area contributed by atoms with Gasteiger partial charge in [-0.2, -0.15) is 0 Å². The normalized spacial score (nSPS) is 16.8. The van der Waals surface area contributed by atoms with E-state index in [9.17, 15) is 14.4 Å². The zero-order valence-corrected chi connectivity index (χ0v) is 14.4. The molecule has 1 aliphatic rings. The van der Waals surface area contributed by atoms with E-state index in [1.165, 1.54) is 0 Å². The van der Waals surface area contributed by atoms with Gasteiger partial charge in [-0.1, -0.05) is 18.2 Å². The van der Waals surface area contributed by atoms with E-state index in [4.69, 9.17) is 0 Å². The summed E-state index contributed by atoms with van der Waals surface area (Å²) < 4.78 is 0. The molecule has 1 N–H and O–H groups in total. The molecule has 1 amide bonds. The van der Waals surface area contributed by atoms with Crippen molar-refractivity contribution in [2.45, 2.75) is 45.4 Å². The number of nitrogens with zero attached hydrogens (tertiary/aromatic N) is 1. The van der Waals surface area contributed by atoms with Gasteiger partial charge in [0.15, 0.2) is 0 Å². The number of fused-ring (bicyclic) bond motifs is 1. The molecular formula is C20H22N2O3. The number of carbonyl (C=O) groups is 3. The van der Waals surface area contributed by atoms with Gasteiger partial charge in [-0.25, -0.2) is 0 Å². The zero-order valence-electron chi connectivity index (χ0n) is 14.4. The highest BCUT2D eigenvalue weighted by molar-refractivity contribution is 6.08. The summed E-state index contributed by atoms with van der Waals surface area (Å²) in [4.78, 5) is 40.8. The Hall–Kier alpha value is -2.56. The van der Waals surface area contributed by atoms with Crippen molar-refractivity contribution in [1.82, 2.24) is 4.98 Å². The van der Waals surface area contributed by atoms with E-state index in [0.717, 1.165) is 10.9 Å². The zero-order chi connectivity index (χ0) is 17.9. The van der Waals surface area contributed by atoms with Crippen molar-refractivity contribution < 1.29 is 14.4 Å².